The molecule has 2 rings (SSSR count). The van der Waals surface area contributed by atoms with E-state index in [9.17, 15) is 13.2 Å². The largest absolute Gasteiger partial charge is 0.326 e. The van der Waals surface area contributed by atoms with Crippen molar-refractivity contribution in [3.05, 3.63) is 24.3 Å². The second-order valence-corrected chi connectivity index (χ2v) is 6.96. The zero-order valence-corrected chi connectivity index (χ0v) is 13.4. The summed E-state index contributed by atoms with van der Waals surface area (Å²) in [4.78, 5) is 13.4. The first-order valence-electron chi connectivity index (χ1n) is 7.28. The summed E-state index contributed by atoms with van der Waals surface area (Å²) in [5.41, 5.74) is 0.576. The van der Waals surface area contributed by atoms with E-state index in [1.165, 1.54) is 19.1 Å². The van der Waals surface area contributed by atoms with Crippen molar-refractivity contribution in [3.8, 4) is 0 Å². The molecule has 1 saturated heterocycles. The number of carbonyl (C=O) groups is 1. The lowest BCUT2D eigenvalue weighted by atomic mass is 10.3. The number of nitrogens with zero attached hydrogens (tertiary/aromatic N) is 1. The Labute approximate surface area is 131 Å². The molecule has 22 heavy (non-hydrogen) atoms. The Morgan fingerprint density at radius 2 is 1.86 bits per heavy atom. The lowest BCUT2D eigenvalue weighted by Crippen LogP contribution is -2.46. The summed E-state index contributed by atoms with van der Waals surface area (Å²) in [5, 5.41) is 5.86. The standard InChI is InChI=1S/C14H22N4O3S/c1-12(19)17-13-2-4-14(5-3-13)22(20,21)16-8-11-18-9-6-15-7-10-18/h2-5,15-16H,6-11H2,1H3,(H,17,19). The number of sulfonamides is 1. The van der Waals surface area contributed by atoms with Gasteiger partial charge in [0.05, 0.1) is 4.90 Å². The molecule has 1 aromatic rings. The number of benzene rings is 1. The van der Waals surface area contributed by atoms with Crippen molar-refractivity contribution >= 4 is 21.6 Å². The van der Waals surface area contributed by atoms with E-state index in [0.29, 0.717) is 18.8 Å². The predicted molar refractivity (Wildman–Crippen MR) is 85.2 cm³/mol. The van der Waals surface area contributed by atoms with Crippen molar-refractivity contribution in [2.24, 2.45) is 0 Å². The van der Waals surface area contributed by atoms with Crippen LogP contribution in [0, 0.1) is 0 Å². The van der Waals surface area contributed by atoms with Gasteiger partial charge in [-0.3, -0.25) is 9.69 Å². The van der Waals surface area contributed by atoms with Crippen molar-refractivity contribution < 1.29 is 13.2 Å². The fourth-order valence-electron chi connectivity index (χ4n) is 2.28. The molecule has 3 N–H and O–H groups in total. The molecular weight excluding hydrogens is 304 g/mol. The van der Waals surface area contributed by atoms with Crippen LogP contribution < -0.4 is 15.4 Å². The summed E-state index contributed by atoms with van der Waals surface area (Å²) in [6.45, 7) is 6.25. The van der Waals surface area contributed by atoms with Crippen LogP contribution in [0.2, 0.25) is 0 Å². The summed E-state index contributed by atoms with van der Waals surface area (Å²) >= 11 is 0. The number of amides is 1. The summed E-state index contributed by atoms with van der Waals surface area (Å²) < 4.78 is 27.0. The molecule has 0 atom stereocenters. The fourth-order valence-corrected chi connectivity index (χ4v) is 3.30. The molecule has 0 radical (unpaired) electrons. The molecule has 1 fully saturated rings. The first kappa shape index (κ1) is 16.9. The average molecular weight is 326 g/mol. The third-order valence-electron chi connectivity index (χ3n) is 3.41. The van der Waals surface area contributed by atoms with Gasteiger partial charge in [-0.2, -0.15) is 0 Å². The molecule has 1 heterocycles. The van der Waals surface area contributed by atoms with Gasteiger partial charge in [0.25, 0.3) is 0 Å². The monoisotopic (exact) mass is 326 g/mol. The van der Waals surface area contributed by atoms with Gasteiger partial charge in [-0.15, -0.1) is 0 Å². The van der Waals surface area contributed by atoms with Crippen LogP contribution in [-0.4, -0.2) is 58.5 Å². The van der Waals surface area contributed by atoms with Crippen LogP contribution >= 0.6 is 0 Å². The molecule has 0 saturated carbocycles. The number of hydrogen-bond donors (Lipinski definition) is 3. The fraction of sp³-hybridized carbons (Fsp3) is 0.500. The van der Waals surface area contributed by atoms with Gasteiger partial charge in [-0.25, -0.2) is 13.1 Å². The third kappa shape index (κ3) is 5.06. The molecule has 1 aromatic carbocycles. The highest BCUT2D eigenvalue weighted by Crippen LogP contribution is 2.13. The minimum atomic E-state index is -3.51. The van der Waals surface area contributed by atoms with E-state index in [4.69, 9.17) is 0 Å². The molecule has 0 unspecified atom stereocenters. The Morgan fingerprint density at radius 1 is 1.23 bits per heavy atom. The summed E-state index contributed by atoms with van der Waals surface area (Å²) in [6, 6.07) is 6.12. The summed E-state index contributed by atoms with van der Waals surface area (Å²) in [6.07, 6.45) is 0. The zero-order valence-electron chi connectivity index (χ0n) is 12.6. The molecule has 0 aliphatic carbocycles. The Bertz CT molecular complexity index is 595. The lowest BCUT2D eigenvalue weighted by Gasteiger charge is -2.27. The summed E-state index contributed by atoms with van der Waals surface area (Å²) in [7, 11) is -3.51. The van der Waals surface area contributed by atoms with E-state index in [1.807, 2.05) is 0 Å². The van der Waals surface area contributed by atoms with Gasteiger partial charge in [0.15, 0.2) is 0 Å². The molecule has 7 nitrogen and oxygen atoms in total. The van der Waals surface area contributed by atoms with Gasteiger partial charge in [0, 0.05) is 51.9 Å². The Balaban J connectivity index is 1.87. The second-order valence-electron chi connectivity index (χ2n) is 5.19. The number of anilines is 1. The highest BCUT2D eigenvalue weighted by molar-refractivity contribution is 7.89. The normalized spacial score (nSPS) is 16.4. The van der Waals surface area contributed by atoms with Crippen LogP contribution in [0.5, 0.6) is 0 Å². The SMILES string of the molecule is CC(=O)Nc1ccc(S(=O)(=O)NCCN2CCNCC2)cc1. The maximum Gasteiger partial charge on any atom is 0.240 e. The Hall–Kier alpha value is -1.48. The maximum atomic E-state index is 12.2. The van der Waals surface area contributed by atoms with E-state index >= 15 is 0 Å². The van der Waals surface area contributed by atoms with Crippen molar-refractivity contribution in [2.45, 2.75) is 11.8 Å². The van der Waals surface area contributed by atoms with E-state index in [2.05, 4.69) is 20.3 Å². The van der Waals surface area contributed by atoms with Crippen LogP contribution in [0.15, 0.2) is 29.2 Å². The van der Waals surface area contributed by atoms with Crippen LogP contribution in [0.1, 0.15) is 6.92 Å². The first-order valence-corrected chi connectivity index (χ1v) is 8.76. The van der Waals surface area contributed by atoms with Crippen molar-refractivity contribution in [1.82, 2.24) is 14.9 Å². The van der Waals surface area contributed by atoms with Gasteiger partial charge in [-0.1, -0.05) is 0 Å². The summed E-state index contributed by atoms with van der Waals surface area (Å²) in [5.74, 6) is -0.190. The molecule has 0 spiro atoms. The predicted octanol–water partition coefficient (Wildman–Crippen LogP) is -0.171. The average Bonchev–Trinajstić information content (AvgIpc) is 2.48. The molecule has 1 aliphatic heterocycles. The molecule has 8 heteroatoms. The molecule has 1 amide bonds. The van der Waals surface area contributed by atoms with Crippen molar-refractivity contribution in [1.29, 1.82) is 0 Å². The van der Waals surface area contributed by atoms with Crippen LogP contribution in [0.25, 0.3) is 0 Å². The molecular formula is C14H22N4O3S. The quantitative estimate of drug-likeness (QED) is 0.675. The number of carbonyl (C=O) groups excluding carboxylic acids is 1. The lowest BCUT2D eigenvalue weighted by molar-refractivity contribution is -0.114. The molecule has 122 valence electrons. The number of nitrogens with one attached hydrogen (secondary N) is 3. The van der Waals surface area contributed by atoms with E-state index in [-0.39, 0.29) is 10.8 Å². The van der Waals surface area contributed by atoms with E-state index in [0.717, 1.165) is 26.2 Å². The van der Waals surface area contributed by atoms with Gasteiger partial charge < -0.3 is 10.6 Å². The highest BCUT2D eigenvalue weighted by atomic mass is 32.2. The van der Waals surface area contributed by atoms with E-state index < -0.39 is 10.0 Å². The van der Waals surface area contributed by atoms with Crippen LogP contribution in [0.4, 0.5) is 5.69 Å². The Morgan fingerprint density at radius 3 is 2.45 bits per heavy atom. The highest BCUT2D eigenvalue weighted by Gasteiger charge is 2.15. The van der Waals surface area contributed by atoms with Gasteiger partial charge in [0.1, 0.15) is 0 Å². The van der Waals surface area contributed by atoms with Gasteiger partial charge in [-0.05, 0) is 24.3 Å². The number of piperazine rings is 1. The zero-order chi connectivity index (χ0) is 16.0. The topological polar surface area (TPSA) is 90.5 Å². The Kier molecular flexibility index (Phi) is 5.90. The van der Waals surface area contributed by atoms with Crippen molar-refractivity contribution in [3.63, 3.8) is 0 Å². The van der Waals surface area contributed by atoms with Crippen molar-refractivity contribution in [2.75, 3.05) is 44.6 Å². The molecule has 0 bridgehead atoms. The molecule has 0 aromatic heterocycles. The number of rotatable bonds is 6. The van der Waals surface area contributed by atoms with Crippen LogP contribution in [0.3, 0.4) is 0 Å². The molecule has 1 aliphatic rings. The van der Waals surface area contributed by atoms with E-state index in [1.54, 1.807) is 12.1 Å². The first-order chi connectivity index (χ1) is 10.5. The second kappa shape index (κ2) is 7.68. The minimum Gasteiger partial charge on any atom is -0.326 e. The van der Waals surface area contributed by atoms with Gasteiger partial charge >= 0.3 is 0 Å². The maximum absolute atomic E-state index is 12.2. The van der Waals surface area contributed by atoms with Gasteiger partial charge in [0.2, 0.25) is 15.9 Å². The third-order valence-corrected chi connectivity index (χ3v) is 4.89. The van der Waals surface area contributed by atoms with Crippen LogP contribution in [-0.2, 0) is 14.8 Å². The smallest absolute Gasteiger partial charge is 0.240 e. The minimum absolute atomic E-state index is 0.190. The number of hydrogen-bond acceptors (Lipinski definition) is 5.